The van der Waals surface area contributed by atoms with Gasteiger partial charge < -0.3 is 9.64 Å². The van der Waals surface area contributed by atoms with E-state index in [0.717, 1.165) is 18.5 Å². The standard InChI is InChI=1S/C13H19NO2/c1-4-9-14(3)13(15)16-10-12-7-5-11(2)6-8-12/h5-8H,4,9-10H2,1-3H3. The van der Waals surface area contributed by atoms with E-state index < -0.39 is 0 Å². The maximum Gasteiger partial charge on any atom is 0.409 e. The fourth-order valence-electron chi connectivity index (χ4n) is 1.37. The molecule has 0 atom stereocenters. The molecule has 0 radical (unpaired) electrons. The molecule has 3 heteroatoms. The molecule has 0 heterocycles. The first kappa shape index (κ1) is 12.6. The zero-order valence-corrected chi connectivity index (χ0v) is 10.2. The molecule has 0 spiro atoms. The summed E-state index contributed by atoms with van der Waals surface area (Å²) < 4.78 is 5.17. The SMILES string of the molecule is CCCN(C)C(=O)OCc1ccc(C)cc1. The molecule has 88 valence electrons. The van der Waals surface area contributed by atoms with E-state index in [-0.39, 0.29) is 6.09 Å². The molecule has 0 N–H and O–H groups in total. The molecule has 1 aromatic rings. The summed E-state index contributed by atoms with van der Waals surface area (Å²) in [6.07, 6.45) is 0.679. The van der Waals surface area contributed by atoms with Gasteiger partial charge in [0.25, 0.3) is 0 Å². The third-order valence-electron chi connectivity index (χ3n) is 2.35. The molecule has 16 heavy (non-hydrogen) atoms. The van der Waals surface area contributed by atoms with Gasteiger partial charge >= 0.3 is 6.09 Å². The number of hydrogen-bond donors (Lipinski definition) is 0. The van der Waals surface area contributed by atoms with Crippen LogP contribution in [0, 0.1) is 6.92 Å². The van der Waals surface area contributed by atoms with Gasteiger partial charge in [-0.2, -0.15) is 0 Å². The van der Waals surface area contributed by atoms with Crippen LogP contribution >= 0.6 is 0 Å². The molecule has 0 saturated carbocycles. The van der Waals surface area contributed by atoms with Gasteiger partial charge in [0, 0.05) is 13.6 Å². The Labute approximate surface area is 97.0 Å². The van der Waals surface area contributed by atoms with E-state index in [9.17, 15) is 4.79 Å². The Hall–Kier alpha value is -1.51. The summed E-state index contributed by atoms with van der Waals surface area (Å²) in [5.74, 6) is 0. The van der Waals surface area contributed by atoms with Crippen molar-refractivity contribution in [2.75, 3.05) is 13.6 Å². The van der Waals surface area contributed by atoms with Gasteiger partial charge in [-0.1, -0.05) is 36.8 Å². The van der Waals surface area contributed by atoms with Gasteiger partial charge in [0.15, 0.2) is 0 Å². The third-order valence-corrected chi connectivity index (χ3v) is 2.35. The molecular weight excluding hydrogens is 202 g/mol. The predicted octanol–water partition coefficient (Wildman–Crippen LogP) is 2.97. The zero-order valence-electron chi connectivity index (χ0n) is 10.2. The highest BCUT2D eigenvalue weighted by atomic mass is 16.6. The molecule has 1 aromatic carbocycles. The molecule has 0 aliphatic heterocycles. The summed E-state index contributed by atoms with van der Waals surface area (Å²) in [5.41, 5.74) is 2.22. The normalized spacial score (nSPS) is 9.94. The Bertz CT molecular complexity index is 332. The second-order valence-electron chi connectivity index (χ2n) is 3.96. The first-order valence-corrected chi connectivity index (χ1v) is 5.57. The van der Waals surface area contributed by atoms with Crippen LogP contribution in [-0.2, 0) is 11.3 Å². The quantitative estimate of drug-likeness (QED) is 0.782. The van der Waals surface area contributed by atoms with Crippen LogP contribution in [0.5, 0.6) is 0 Å². The van der Waals surface area contributed by atoms with Gasteiger partial charge in [-0.3, -0.25) is 0 Å². The predicted molar refractivity (Wildman–Crippen MR) is 64.3 cm³/mol. The summed E-state index contributed by atoms with van der Waals surface area (Å²) in [4.78, 5) is 13.1. The van der Waals surface area contributed by atoms with Crippen LogP contribution < -0.4 is 0 Å². The molecule has 0 saturated heterocycles. The molecule has 1 amide bonds. The number of carbonyl (C=O) groups excluding carboxylic acids is 1. The molecule has 0 aromatic heterocycles. The van der Waals surface area contributed by atoms with Crippen molar-refractivity contribution < 1.29 is 9.53 Å². The maximum atomic E-state index is 11.5. The summed E-state index contributed by atoms with van der Waals surface area (Å²) in [5, 5.41) is 0. The largest absolute Gasteiger partial charge is 0.445 e. The van der Waals surface area contributed by atoms with Crippen LogP contribution in [0.2, 0.25) is 0 Å². The Morgan fingerprint density at radius 3 is 2.50 bits per heavy atom. The minimum atomic E-state index is -0.262. The highest BCUT2D eigenvalue weighted by molar-refractivity contribution is 5.67. The molecular formula is C13H19NO2. The Morgan fingerprint density at radius 2 is 1.94 bits per heavy atom. The van der Waals surface area contributed by atoms with E-state index in [2.05, 4.69) is 0 Å². The Morgan fingerprint density at radius 1 is 1.31 bits per heavy atom. The lowest BCUT2D eigenvalue weighted by Gasteiger charge is -2.15. The second-order valence-corrected chi connectivity index (χ2v) is 3.96. The van der Waals surface area contributed by atoms with Crippen molar-refractivity contribution in [1.29, 1.82) is 0 Å². The van der Waals surface area contributed by atoms with Gasteiger partial charge in [-0.25, -0.2) is 4.79 Å². The third kappa shape index (κ3) is 3.93. The van der Waals surface area contributed by atoms with E-state index in [0.29, 0.717) is 6.61 Å². The summed E-state index contributed by atoms with van der Waals surface area (Å²) >= 11 is 0. The molecule has 1 rings (SSSR count). The van der Waals surface area contributed by atoms with Crippen LogP contribution in [0.15, 0.2) is 24.3 Å². The second kappa shape index (κ2) is 6.16. The summed E-state index contributed by atoms with van der Waals surface area (Å²) in [6.45, 7) is 5.13. The van der Waals surface area contributed by atoms with Crippen molar-refractivity contribution >= 4 is 6.09 Å². The van der Waals surface area contributed by atoms with E-state index >= 15 is 0 Å². The number of ether oxygens (including phenoxy) is 1. The Balaban J connectivity index is 2.39. The van der Waals surface area contributed by atoms with Crippen molar-refractivity contribution in [3.8, 4) is 0 Å². The van der Waals surface area contributed by atoms with Crippen molar-refractivity contribution in [2.24, 2.45) is 0 Å². The fraction of sp³-hybridized carbons (Fsp3) is 0.462. The Kier molecular flexibility index (Phi) is 4.83. The smallest absolute Gasteiger partial charge is 0.409 e. The summed E-state index contributed by atoms with van der Waals surface area (Å²) in [7, 11) is 1.75. The monoisotopic (exact) mass is 221 g/mol. The van der Waals surface area contributed by atoms with Gasteiger partial charge in [0.05, 0.1) is 0 Å². The molecule has 0 fully saturated rings. The fourth-order valence-corrected chi connectivity index (χ4v) is 1.37. The van der Waals surface area contributed by atoms with Crippen molar-refractivity contribution in [3.63, 3.8) is 0 Å². The summed E-state index contributed by atoms with van der Waals surface area (Å²) in [6, 6.07) is 7.97. The number of amides is 1. The highest BCUT2D eigenvalue weighted by Crippen LogP contribution is 2.05. The van der Waals surface area contributed by atoms with Crippen LogP contribution in [-0.4, -0.2) is 24.6 Å². The number of benzene rings is 1. The molecule has 0 unspecified atom stereocenters. The van der Waals surface area contributed by atoms with Gasteiger partial charge in [0.2, 0.25) is 0 Å². The lowest BCUT2D eigenvalue weighted by atomic mass is 10.2. The number of rotatable bonds is 4. The van der Waals surface area contributed by atoms with Crippen LogP contribution in [0.3, 0.4) is 0 Å². The van der Waals surface area contributed by atoms with E-state index in [1.165, 1.54) is 5.56 Å². The van der Waals surface area contributed by atoms with Crippen molar-refractivity contribution in [2.45, 2.75) is 26.9 Å². The van der Waals surface area contributed by atoms with E-state index in [4.69, 9.17) is 4.74 Å². The zero-order chi connectivity index (χ0) is 12.0. The van der Waals surface area contributed by atoms with Gasteiger partial charge in [-0.15, -0.1) is 0 Å². The van der Waals surface area contributed by atoms with Crippen LogP contribution in [0.1, 0.15) is 24.5 Å². The first-order valence-electron chi connectivity index (χ1n) is 5.57. The van der Waals surface area contributed by atoms with Gasteiger partial charge in [-0.05, 0) is 18.9 Å². The number of nitrogens with zero attached hydrogens (tertiary/aromatic N) is 1. The van der Waals surface area contributed by atoms with Gasteiger partial charge in [0.1, 0.15) is 6.61 Å². The van der Waals surface area contributed by atoms with E-state index in [1.54, 1.807) is 11.9 Å². The number of carbonyl (C=O) groups is 1. The average Bonchev–Trinajstić information content (AvgIpc) is 2.28. The van der Waals surface area contributed by atoms with Crippen LogP contribution in [0.4, 0.5) is 4.79 Å². The maximum absolute atomic E-state index is 11.5. The molecule has 0 aliphatic rings. The lowest BCUT2D eigenvalue weighted by Crippen LogP contribution is -2.27. The molecule has 3 nitrogen and oxygen atoms in total. The van der Waals surface area contributed by atoms with E-state index in [1.807, 2.05) is 38.1 Å². The minimum Gasteiger partial charge on any atom is -0.445 e. The number of aryl methyl sites for hydroxylation is 1. The van der Waals surface area contributed by atoms with Crippen LogP contribution in [0.25, 0.3) is 0 Å². The average molecular weight is 221 g/mol. The topological polar surface area (TPSA) is 29.5 Å². The lowest BCUT2D eigenvalue weighted by molar-refractivity contribution is 0.105. The van der Waals surface area contributed by atoms with Crippen molar-refractivity contribution in [3.05, 3.63) is 35.4 Å². The number of hydrogen-bond acceptors (Lipinski definition) is 2. The highest BCUT2D eigenvalue weighted by Gasteiger charge is 2.08. The first-order chi connectivity index (χ1) is 7.63. The molecule has 0 aliphatic carbocycles. The van der Waals surface area contributed by atoms with Crippen molar-refractivity contribution in [1.82, 2.24) is 4.90 Å². The minimum absolute atomic E-state index is 0.262. The molecule has 0 bridgehead atoms.